The molecule has 8 nitrogen and oxygen atoms in total. The highest BCUT2D eigenvalue weighted by molar-refractivity contribution is 5.91. The standard InChI is InChI=1S/C19H22N2O6/c1-12(18(24)21-16(10-22)19(25)26-2)20-17(23)11-27-15-8-7-13-5-3-4-6-14(13)9-15/h3-9,12,16,22H,10-11H2,1-2H3,(H,20,23)(H,21,24)/t12-,16-/m0/s1. The third-order valence-electron chi connectivity index (χ3n) is 3.85. The van der Waals surface area contributed by atoms with Crippen molar-refractivity contribution in [3.63, 3.8) is 0 Å². The van der Waals surface area contributed by atoms with E-state index in [2.05, 4.69) is 15.4 Å². The number of esters is 1. The summed E-state index contributed by atoms with van der Waals surface area (Å²) >= 11 is 0. The van der Waals surface area contributed by atoms with Gasteiger partial charge in [-0.1, -0.05) is 30.3 Å². The topological polar surface area (TPSA) is 114 Å². The molecule has 27 heavy (non-hydrogen) atoms. The zero-order valence-corrected chi connectivity index (χ0v) is 15.1. The molecule has 0 aliphatic heterocycles. The molecule has 0 heterocycles. The van der Waals surface area contributed by atoms with Crippen LogP contribution < -0.4 is 15.4 Å². The maximum absolute atomic E-state index is 12.0. The van der Waals surface area contributed by atoms with Gasteiger partial charge in [-0.3, -0.25) is 9.59 Å². The van der Waals surface area contributed by atoms with Gasteiger partial charge in [0.05, 0.1) is 13.7 Å². The quantitative estimate of drug-likeness (QED) is 0.576. The molecule has 2 atom stereocenters. The zero-order chi connectivity index (χ0) is 19.8. The molecule has 2 amide bonds. The van der Waals surface area contributed by atoms with E-state index < -0.39 is 36.5 Å². The summed E-state index contributed by atoms with van der Waals surface area (Å²) in [6.45, 7) is 0.579. The number of aliphatic hydroxyl groups is 1. The molecular weight excluding hydrogens is 352 g/mol. The Morgan fingerprint density at radius 1 is 1.07 bits per heavy atom. The molecule has 0 saturated carbocycles. The van der Waals surface area contributed by atoms with Crippen LogP contribution in [-0.2, 0) is 19.1 Å². The molecule has 0 unspecified atom stereocenters. The second kappa shape index (κ2) is 9.54. The van der Waals surface area contributed by atoms with Gasteiger partial charge in [0, 0.05) is 0 Å². The van der Waals surface area contributed by atoms with Gasteiger partial charge in [-0.15, -0.1) is 0 Å². The molecule has 0 aromatic heterocycles. The summed E-state index contributed by atoms with van der Waals surface area (Å²) < 4.78 is 9.92. The number of hydrogen-bond donors (Lipinski definition) is 3. The molecule has 0 saturated heterocycles. The first-order chi connectivity index (χ1) is 12.9. The summed E-state index contributed by atoms with van der Waals surface area (Å²) in [5.74, 6) is -1.36. The molecule has 0 bridgehead atoms. The second-order valence-corrected chi connectivity index (χ2v) is 5.85. The minimum absolute atomic E-state index is 0.267. The van der Waals surface area contributed by atoms with Crippen molar-refractivity contribution in [2.45, 2.75) is 19.0 Å². The molecule has 0 radical (unpaired) electrons. The molecule has 2 aromatic rings. The fraction of sp³-hybridized carbons (Fsp3) is 0.316. The van der Waals surface area contributed by atoms with Crippen molar-refractivity contribution < 1.29 is 29.0 Å². The van der Waals surface area contributed by atoms with Gasteiger partial charge in [-0.05, 0) is 29.8 Å². The van der Waals surface area contributed by atoms with Gasteiger partial charge in [0.25, 0.3) is 5.91 Å². The van der Waals surface area contributed by atoms with Crippen molar-refractivity contribution in [1.82, 2.24) is 10.6 Å². The Bertz CT molecular complexity index is 823. The number of nitrogens with one attached hydrogen (secondary N) is 2. The molecule has 2 rings (SSSR count). The number of carbonyl (C=O) groups excluding carboxylic acids is 3. The zero-order valence-electron chi connectivity index (χ0n) is 15.1. The maximum Gasteiger partial charge on any atom is 0.330 e. The number of rotatable bonds is 8. The normalized spacial score (nSPS) is 12.7. The first kappa shape index (κ1) is 20.2. The number of hydrogen-bond acceptors (Lipinski definition) is 6. The van der Waals surface area contributed by atoms with E-state index in [-0.39, 0.29) is 6.61 Å². The fourth-order valence-electron chi connectivity index (χ4n) is 2.37. The van der Waals surface area contributed by atoms with Crippen LogP contribution in [0.3, 0.4) is 0 Å². The average molecular weight is 374 g/mol. The monoisotopic (exact) mass is 374 g/mol. The molecular formula is C19H22N2O6. The minimum Gasteiger partial charge on any atom is -0.484 e. The van der Waals surface area contributed by atoms with E-state index in [1.165, 1.54) is 6.92 Å². The van der Waals surface area contributed by atoms with Crippen LogP contribution in [-0.4, -0.2) is 55.3 Å². The third-order valence-corrected chi connectivity index (χ3v) is 3.85. The first-order valence-corrected chi connectivity index (χ1v) is 8.34. The molecule has 144 valence electrons. The van der Waals surface area contributed by atoms with E-state index >= 15 is 0 Å². The van der Waals surface area contributed by atoms with Crippen LogP contribution in [0, 0.1) is 0 Å². The lowest BCUT2D eigenvalue weighted by Gasteiger charge is -2.18. The Balaban J connectivity index is 1.84. The average Bonchev–Trinajstić information content (AvgIpc) is 2.69. The molecule has 0 aliphatic rings. The Hall–Kier alpha value is -3.13. The number of amides is 2. The summed E-state index contributed by atoms with van der Waals surface area (Å²) in [5.41, 5.74) is 0. The highest BCUT2D eigenvalue weighted by Gasteiger charge is 2.24. The van der Waals surface area contributed by atoms with Gasteiger partial charge in [-0.2, -0.15) is 0 Å². The van der Waals surface area contributed by atoms with Crippen molar-refractivity contribution in [2.75, 3.05) is 20.3 Å². The molecule has 0 fully saturated rings. The largest absolute Gasteiger partial charge is 0.484 e. The van der Waals surface area contributed by atoms with E-state index in [0.717, 1.165) is 17.9 Å². The Kier molecular flexibility index (Phi) is 7.13. The van der Waals surface area contributed by atoms with E-state index in [1.807, 2.05) is 36.4 Å². The van der Waals surface area contributed by atoms with Gasteiger partial charge in [0.15, 0.2) is 12.6 Å². The molecule has 2 aromatic carbocycles. The summed E-state index contributed by atoms with van der Waals surface area (Å²) in [5, 5.41) is 15.9. The van der Waals surface area contributed by atoms with Crippen molar-refractivity contribution >= 4 is 28.6 Å². The van der Waals surface area contributed by atoms with E-state index in [0.29, 0.717) is 5.75 Å². The number of carbonyl (C=O) groups is 3. The van der Waals surface area contributed by atoms with Crippen LogP contribution in [0.2, 0.25) is 0 Å². The molecule has 0 aliphatic carbocycles. The molecule has 8 heteroatoms. The molecule has 3 N–H and O–H groups in total. The van der Waals surface area contributed by atoms with Crippen LogP contribution in [0.15, 0.2) is 42.5 Å². The number of methoxy groups -OCH3 is 1. The smallest absolute Gasteiger partial charge is 0.330 e. The van der Waals surface area contributed by atoms with Crippen molar-refractivity contribution in [2.24, 2.45) is 0 Å². The maximum atomic E-state index is 12.0. The van der Waals surface area contributed by atoms with E-state index in [1.54, 1.807) is 6.07 Å². The first-order valence-electron chi connectivity index (χ1n) is 8.34. The SMILES string of the molecule is COC(=O)[C@H](CO)NC(=O)[C@H](C)NC(=O)COc1ccc2ccccc2c1. The highest BCUT2D eigenvalue weighted by Crippen LogP contribution is 2.20. The Morgan fingerprint density at radius 3 is 2.44 bits per heavy atom. The predicted octanol–water partition coefficient (Wildman–Crippen LogP) is 0.373. The Morgan fingerprint density at radius 2 is 1.78 bits per heavy atom. The van der Waals surface area contributed by atoms with Crippen molar-refractivity contribution in [1.29, 1.82) is 0 Å². The highest BCUT2D eigenvalue weighted by atomic mass is 16.5. The number of ether oxygens (including phenoxy) is 2. The lowest BCUT2D eigenvalue weighted by molar-refractivity contribution is -0.146. The number of benzene rings is 2. The van der Waals surface area contributed by atoms with Gasteiger partial charge in [0.2, 0.25) is 5.91 Å². The van der Waals surface area contributed by atoms with E-state index in [4.69, 9.17) is 9.84 Å². The van der Waals surface area contributed by atoms with Crippen molar-refractivity contribution in [3.05, 3.63) is 42.5 Å². The van der Waals surface area contributed by atoms with Crippen molar-refractivity contribution in [3.8, 4) is 5.75 Å². The summed E-state index contributed by atoms with van der Waals surface area (Å²) in [4.78, 5) is 35.4. The molecule has 0 spiro atoms. The predicted molar refractivity (Wildman–Crippen MR) is 98.1 cm³/mol. The van der Waals surface area contributed by atoms with Gasteiger partial charge in [-0.25, -0.2) is 4.79 Å². The lowest BCUT2D eigenvalue weighted by atomic mass is 10.1. The third kappa shape index (κ3) is 5.68. The number of fused-ring (bicyclic) bond motifs is 1. The van der Waals surface area contributed by atoms with Crippen LogP contribution in [0.25, 0.3) is 10.8 Å². The van der Waals surface area contributed by atoms with Crippen LogP contribution in [0.1, 0.15) is 6.92 Å². The van der Waals surface area contributed by atoms with Crippen LogP contribution >= 0.6 is 0 Å². The summed E-state index contributed by atoms with van der Waals surface area (Å²) in [7, 11) is 1.15. The number of aliphatic hydroxyl groups excluding tert-OH is 1. The van der Waals surface area contributed by atoms with Crippen LogP contribution in [0.5, 0.6) is 5.75 Å². The summed E-state index contributed by atoms with van der Waals surface area (Å²) in [6.07, 6.45) is 0. The second-order valence-electron chi connectivity index (χ2n) is 5.85. The van der Waals surface area contributed by atoms with E-state index in [9.17, 15) is 14.4 Å². The van der Waals surface area contributed by atoms with Crippen LogP contribution in [0.4, 0.5) is 0 Å². The fourth-order valence-corrected chi connectivity index (χ4v) is 2.37. The van der Waals surface area contributed by atoms with Gasteiger partial charge in [0.1, 0.15) is 11.8 Å². The summed E-state index contributed by atoms with van der Waals surface area (Å²) in [6, 6.07) is 11.1. The van der Waals surface area contributed by atoms with Gasteiger partial charge < -0.3 is 25.2 Å². The lowest BCUT2D eigenvalue weighted by Crippen LogP contribution is -2.52. The minimum atomic E-state index is -1.18. The Labute approximate surface area is 156 Å². The van der Waals surface area contributed by atoms with Gasteiger partial charge >= 0.3 is 5.97 Å².